The Bertz CT molecular complexity index is 1340. The molecule has 0 bridgehead atoms. The molecule has 1 aliphatic heterocycles. The van der Waals surface area contributed by atoms with Crippen LogP contribution in [0.25, 0.3) is 11.1 Å². The van der Waals surface area contributed by atoms with E-state index in [-0.39, 0.29) is 42.4 Å². The summed E-state index contributed by atoms with van der Waals surface area (Å²) in [6, 6.07) is 10.0. The molecule has 2 aromatic carbocycles. The number of halogens is 6. The van der Waals surface area contributed by atoms with E-state index >= 15 is 0 Å². The second-order valence-electron chi connectivity index (χ2n) is 9.13. The van der Waals surface area contributed by atoms with Crippen LogP contribution in [0.2, 0.25) is 0 Å². The fourth-order valence-corrected chi connectivity index (χ4v) is 4.48. The molecule has 0 fully saturated rings. The number of hydrogen-bond acceptors (Lipinski definition) is 3. The molecule has 11 heteroatoms. The summed E-state index contributed by atoms with van der Waals surface area (Å²) in [5.74, 6) is -1.21. The zero-order valence-electron chi connectivity index (χ0n) is 20.5. The number of fused-ring (bicyclic) bond motifs is 1. The number of nitrogens with zero attached hydrogens (tertiary/aromatic N) is 3. The number of rotatable bonds is 3. The molecule has 38 heavy (non-hydrogen) atoms. The first kappa shape index (κ1) is 27.2. The van der Waals surface area contributed by atoms with Gasteiger partial charge in [-0.3, -0.25) is 9.59 Å². The molecule has 1 aromatic heterocycles. The molecule has 0 atom stereocenters. The molecular formula is C27H23F6N3O2. The maximum Gasteiger partial charge on any atom is 0.416 e. The molecule has 2 heterocycles. The van der Waals surface area contributed by atoms with Gasteiger partial charge in [0.05, 0.1) is 16.7 Å². The Morgan fingerprint density at radius 1 is 0.842 bits per heavy atom. The van der Waals surface area contributed by atoms with Crippen molar-refractivity contribution >= 4 is 11.8 Å². The molecule has 0 radical (unpaired) electrons. The first-order valence-electron chi connectivity index (χ1n) is 11.7. The number of alkyl halides is 6. The van der Waals surface area contributed by atoms with Crippen molar-refractivity contribution in [2.45, 2.75) is 32.2 Å². The van der Waals surface area contributed by atoms with Gasteiger partial charge in [0.2, 0.25) is 0 Å². The number of carbonyl (C=O) groups is 2. The number of aromatic nitrogens is 1. The van der Waals surface area contributed by atoms with Gasteiger partial charge in [-0.25, -0.2) is 4.98 Å². The van der Waals surface area contributed by atoms with Crippen molar-refractivity contribution < 1.29 is 35.9 Å². The van der Waals surface area contributed by atoms with Crippen LogP contribution in [0.4, 0.5) is 26.3 Å². The van der Waals surface area contributed by atoms with Gasteiger partial charge in [-0.05, 0) is 48.2 Å². The van der Waals surface area contributed by atoms with Gasteiger partial charge in [0.25, 0.3) is 11.8 Å². The van der Waals surface area contributed by atoms with Crippen LogP contribution < -0.4 is 0 Å². The first-order chi connectivity index (χ1) is 17.8. The molecule has 5 nitrogen and oxygen atoms in total. The lowest BCUT2D eigenvalue weighted by Gasteiger charge is -2.25. The van der Waals surface area contributed by atoms with Crippen molar-refractivity contribution in [1.29, 1.82) is 0 Å². The third-order valence-electron chi connectivity index (χ3n) is 6.32. The van der Waals surface area contributed by atoms with Crippen LogP contribution in [-0.2, 0) is 18.9 Å². The van der Waals surface area contributed by atoms with Gasteiger partial charge in [-0.15, -0.1) is 0 Å². The van der Waals surface area contributed by atoms with Gasteiger partial charge in [0.1, 0.15) is 5.69 Å². The van der Waals surface area contributed by atoms with E-state index in [1.807, 2.05) is 0 Å². The molecule has 4 rings (SSSR count). The van der Waals surface area contributed by atoms with Crippen molar-refractivity contribution in [1.82, 2.24) is 14.8 Å². The van der Waals surface area contributed by atoms with E-state index in [2.05, 4.69) is 4.98 Å². The molecular weight excluding hydrogens is 512 g/mol. The Labute approximate surface area is 214 Å². The second kappa shape index (κ2) is 10.1. The summed E-state index contributed by atoms with van der Waals surface area (Å²) in [5, 5.41) is 0. The summed E-state index contributed by atoms with van der Waals surface area (Å²) < 4.78 is 80.6. The minimum absolute atomic E-state index is 0.00430. The monoisotopic (exact) mass is 535 g/mol. The predicted molar refractivity (Wildman–Crippen MR) is 127 cm³/mol. The lowest BCUT2D eigenvalue weighted by Crippen LogP contribution is -2.33. The highest BCUT2D eigenvalue weighted by atomic mass is 19.4. The number of hydrogen-bond donors (Lipinski definition) is 0. The third-order valence-corrected chi connectivity index (χ3v) is 6.32. The van der Waals surface area contributed by atoms with Crippen LogP contribution in [0.5, 0.6) is 0 Å². The van der Waals surface area contributed by atoms with Crippen molar-refractivity contribution in [3.63, 3.8) is 0 Å². The number of pyridine rings is 1. The van der Waals surface area contributed by atoms with Crippen molar-refractivity contribution in [3.05, 3.63) is 88.2 Å². The quantitative estimate of drug-likeness (QED) is 0.375. The van der Waals surface area contributed by atoms with E-state index in [0.717, 1.165) is 0 Å². The van der Waals surface area contributed by atoms with Gasteiger partial charge in [0, 0.05) is 38.4 Å². The van der Waals surface area contributed by atoms with E-state index in [4.69, 9.17) is 0 Å². The summed E-state index contributed by atoms with van der Waals surface area (Å²) in [4.78, 5) is 34.0. The highest BCUT2D eigenvalue weighted by Gasteiger charge is 2.38. The van der Waals surface area contributed by atoms with Gasteiger partial charge < -0.3 is 9.80 Å². The predicted octanol–water partition coefficient (Wildman–Crippen LogP) is 6.21. The number of aryl methyl sites for hydroxylation is 1. The van der Waals surface area contributed by atoms with Crippen LogP contribution in [0.3, 0.4) is 0 Å². The van der Waals surface area contributed by atoms with Crippen LogP contribution in [0.15, 0.2) is 54.7 Å². The third kappa shape index (κ3) is 5.51. The largest absolute Gasteiger partial charge is 0.416 e. The minimum Gasteiger partial charge on any atom is -0.340 e. The number of benzene rings is 2. The summed E-state index contributed by atoms with van der Waals surface area (Å²) in [5.41, 5.74) is -1.81. The van der Waals surface area contributed by atoms with Crippen molar-refractivity contribution in [3.8, 4) is 11.1 Å². The van der Waals surface area contributed by atoms with E-state index in [9.17, 15) is 35.9 Å². The molecule has 0 aliphatic carbocycles. The van der Waals surface area contributed by atoms with E-state index in [1.54, 1.807) is 44.3 Å². The second-order valence-corrected chi connectivity index (χ2v) is 9.13. The molecule has 200 valence electrons. The molecule has 0 unspecified atom stereocenters. The summed E-state index contributed by atoms with van der Waals surface area (Å²) in [6.45, 7) is 1.38. The molecule has 0 spiro atoms. The molecule has 1 aliphatic rings. The maximum atomic E-state index is 14.0. The molecule has 3 aromatic rings. The summed E-state index contributed by atoms with van der Waals surface area (Å²) >= 11 is 0. The Balaban J connectivity index is 1.87. The van der Waals surface area contributed by atoms with Gasteiger partial charge in [-0.1, -0.05) is 30.3 Å². The van der Waals surface area contributed by atoms with Crippen LogP contribution in [0, 0.1) is 6.92 Å². The number of amides is 2. The summed E-state index contributed by atoms with van der Waals surface area (Å²) in [7, 11) is 1.54. The highest BCUT2D eigenvalue weighted by Crippen LogP contribution is 2.37. The Hall–Kier alpha value is -3.89. The smallest absolute Gasteiger partial charge is 0.340 e. The SMILES string of the molecule is Cc1cnc2c(c1-c1ccccc1)C(=O)N(Cc1cc(C(F)(F)F)cc(C(F)(F)F)c1)CCCN(C)C2=O. The average molecular weight is 535 g/mol. The normalized spacial score (nSPS) is 15.2. The topological polar surface area (TPSA) is 53.5 Å². The standard InChI is InChI=1S/C27H23F6N3O2/c1-16-14-34-23-22(21(16)18-7-4-3-5-8-18)24(37)36(10-6-9-35(2)25(23)38)15-17-11-19(26(28,29)30)13-20(12-17)27(31,32)33/h3-5,7-8,11-14H,6,9-10,15H2,1-2H3. The van der Waals surface area contributed by atoms with Crippen LogP contribution in [-0.4, -0.2) is 46.7 Å². The Kier molecular flexibility index (Phi) is 7.22. The minimum atomic E-state index is -5.02. The van der Waals surface area contributed by atoms with E-state index in [1.165, 1.54) is 16.0 Å². The average Bonchev–Trinajstić information content (AvgIpc) is 2.89. The zero-order chi connectivity index (χ0) is 27.8. The van der Waals surface area contributed by atoms with E-state index in [0.29, 0.717) is 28.8 Å². The van der Waals surface area contributed by atoms with Gasteiger partial charge in [0.15, 0.2) is 0 Å². The zero-order valence-corrected chi connectivity index (χ0v) is 20.5. The molecule has 0 saturated carbocycles. The van der Waals surface area contributed by atoms with Crippen molar-refractivity contribution in [2.75, 3.05) is 20.1 Å². The lowest BCUT2D eigenvalue weighted by molar-refractivity contribution is -0.143. The highest BCUT2D eigenvalue weighted by molar-refractivity contribution is 6.10. The van der Waals surface area contributed by atoms with Crippen LogP contribution >= 0.6 is 0 Å². The Morgan fingerprint density at radius 3 is 2.03 bits per heavy atom. The summed E-state index contributed by atoms with van der Waals surface area (Å²) in [6.07, 6.45) is -8.31. The van der Waals surface area contributed by atoms with Crippen LogP contribution in [0.1, 0.15) is 49.5 Å². The van der Waals surface area contributed by atoms with Crippen molar-refractivity contribution in [2.24, 2.45) is 0 Å². The Morgan fingerprint density at radius 2 is 1.45 bits per heavy atom. The molecule has 2 amide bonds. The first-order valence-corrected chi connectivity index (χ1v) is 11.7. The fraction of sp³-hybridized carbons (Fsp3) is 0.296. The fourth-order valence-electron chi connectivity index (χ4n) is 4.48. The van der Waals surface area contributed by atoms with Gasteiger partial charge in [-0.2, -0.15) is 26.3 Å². The molecule has 0 saturated heterocycles. The lowest BCUT2D eigenvalue weighted by atomic mass is 9.93. The number of carbonyl (C=O) groups excluding carboxylic acids is 2. The van der Waals surface area contributed by atoms with Gasteiger partial charge >= 0.3 is 12.4 Å². The van der Waals surface area contributed by atoms with E-state index < -0.39 is 41.8 Å². The maximum absolute atomic E-state index is 14.0. The molecule has 0 N–H and O–H groups in total.